The highest BCUT2D eigenvalue weighted by Crippen LogP contribution is 2.36. The molecule has 0 aliphatic heterocycles. The Bertz CT molecular complexity index is 694. The SMILES string of the molecule is COCc1cccc(C[C@H](O)CC[C@H]2[C@H](O)CC(=O)[C@@H]2CCSCCCC(=O)OC)c1. The number of methoxy groups -OCH3 is 2. The number of ketones is 1. The van der Waals surface area contributed by atoms with Crippen molar-refractivity contribution in [2.24, 2.45) is 11.8 Å². The number of thioether (sulfide) groups is 1. The molecule has 0 saturated heterocycles. The second-order valence-electron chi connectivity index (χ2n) is 8.28. The standard InChI is InChI=1S/C24H36O6S/c1-29-16-18-6-3-5-17(13-18)14-19(25)8-9-20-21(23(27)15-22(20)26)10-12-31-11-4-7-24(28)30-2/h3,5-6,13,19-22,25-26H,4,7-12,14-16H2,1-2H3/t19-,20-,21-,22-/m1/s1. The topological polar surface area (TPSA) is 93.1 Å². The molecule has 0 heterocycles. The van der Waals surface area contributed by atoms with Gasteiger partial charge < -0.3 is 19.7 Å². The van der Waals surface area contributed by atoms with Gasteiger partial charge in [0, 0.05) is 25.9 Å². The van der Waals surface area contributed by atoms with E-state index in [0.717, 1.165) is 35.5 Å². The molecule has 31 heavy (non-hydrogen) atoms. The fraction of sp³-hybridized carbons (Fsp3) is 0.667. The van der Waals surface area contributed by atoms with Crippen LogP contribution in [0.15, 0.2) is 24.3 Å². The lowest BCUT2D eigenvalue weighted by atomic mass is 9.86. The molecular formula is C24H36O6S. The second kappa shape index (κ2) is 13.9. The lowest BCUT2D eigenvalue weighted by Gasteiger charge is -2.22. The Labute approximate surface area is 189 Å². The molecule has 1 fully saturated rings. The Morgan fingerprint density at radius 1 is 1.23 bits per heavy atom. The zero-order chi connectivity index (χ0) is 22.6. The van der Waals surface area contributed by atoms with Crippen LogP contribution in [0.5, 0.6) is 0 Å². The number of hydrogen-bond acceptors (Lipinski definition) is 7. The number of hydrogen-bond donors (Lipinski definition) is 2. The van der Waals surface area contributed by atoms with Crippen molar-refractivity contribution >= 4 is 23.5 Å². The van der Waals surface area contributed by atoms with Crippen molar-refractivity contribution in [3.8, 4) is 0 Å². The van der Waals surface area contributed by atoms with Gasteiger partial charge >= 0.3 is 5.97 Å². The molecule has 7 heteroatoms. The molecule has 0 amide bonds. The van der Waals surface area contributed by atoms with Crippen molar-refractivity contribution in [3.05, 3.63) is 35.4 Å². The van der Waals surface area contributed by atoms with Crippen LogP contribution >= 0.6 is 11.8 Å². The van der Waals surface area contributed by atoms with Crippen LogP contribution in [-0.4, -0.2) is 59.9 Å². The van der Waals surface area contributed by atoms with E-state index in [1.165, 1.54) is 7.11 Å². The van der Waals surface area contributed by atoms with Gasteiger partial charge in [-0.05, 0) is 60.7 Å². The average molecular weight is 453 g/mol. The second-order valence-corrected chi connectivity index (χ2v) is 9.50. The molecular weight excluding hydrogens is 416 g/mol. The number of aliphatic hydroxyl groups is 2. The number of aliphatic hydroxyl groups excluding tert-OH is 2. The van der Waals surface area contributed by atoms with E-state index in [-0.39, 0.29) is 30.0 Å². The number of rotatable bonds is 14. The third kappa shape index (κ3) is 8.93. The molecule has 0 aromatic heterocycles. The maximum atomic E-state index is 12.4. The summed E-state index contributed by atoms with van der Waals surface area (Å²) in [5.74, 6) is 1.39. The Kier molecular flexibility index (Phi) is 11.6. The van der Waals surface area contributed by atoms with Gasteiger partial charge in [-0.2, -0.15) is 11.8 Å². The minimum atomic E-state index is -0.612. The zero-order valence-corrected chi connectivity index (χ0v) is 19.4. The first kappa shape index (κ1) is 25.8. The molecule has 0 unspecified atom stereocenters. The summed E-state index contributed by atoms with van der Waals surface area (Å²) in [4.78, 5) is 23.5. The Morgan fingerprint density at radius 2 is 2.00 bits per heavy atom. The Morgan fingerprint density at radius 3 is 2.74 bits per heavy atom. The lowest BCUT2D eigenvalue weighted by molar-refractivity contribution is -0.140. The van der Waals surface area contributed by atoms with Gasteiger partial charge in [0.25, 0.3) is 0 Å². The summed E-state index contributed by atoms with van der Waals surface area (Å²) >= 11 is 1.73. The van der Waals surface area contributed by atoms with Gasteiger partial charge in [-0.25, -0.2) is 0 Å². The highest BCUT2D eigenvalue weighted by Gasteiger charge is 2.40. The van der Waals surface area contributed by atoms with Crippen LogP contribution < -0.4 is 0 Å². The van der Waals surface area contributed by atoms with E-state index in [1.54, 1.807) is 18.9 Å². The molecule has 1 aromatic carbocycles. The van der Waals surface area contributed by atoms with E-state index >= 15 is 0 Å². The third-order valence-electron chi connectivity index (χ3n) is 5.91. The van der Waals surface area contributed by atoms with Crippen molar-refractivity contribution in [1.29, 1.82) is 0 Å². The summed E-state index contributed by atoms with van der Waals surface area (Å²) in [5.41, 5.74) is 2.14. The van der Waals surface area contributed by atoms with Crippen LogP contribution in [0.4, 0.5) is 0 Å². The summed E-state index contributed by atoms with van der Waals surface area (Å²) < 4.78 is 9.79. The molecule has 1 aliphatic rings. The van der Waals surface area contributed by atoms with Crippen molar-refractivity contribution < 1.29 is 29.3 Å². The molecule has 6 nitrogen and oxygen atoms in total. The highest BCUT2D eigenvalue weighted by atomic mass is 32.2. The van der Waals surface area contributed by atoms with Crippen LogP contribution in [0.1, 0.15) is 49.7 Å². The van der Waals surface area contributed by atoms with Crippen LogP contribution in [0, 0.1) is 11.8 Å². The molecule has 174 valence electrons. The molecule has 0 radical (unpaired) electrons. The maximum Gasteiger partial charge on any atom is 0.305 e. The summed E-state index contributed by atoms with van der Waals surface area (Å²) in [5, 5.41) is 20.9. The highest BCUT2D eigenvalue weighted by molar-refractivity contribution is 7.99. The minimum Gasteiger partial charge on any atom is -0.469 e. The summed E-state index contributed by atoms with van der Waals surface area (Å²) in [7, 11) is 3.05. The average Bonchev–Trinajstić information content (AvgIpc) is 3.01. The smallest absolute Gasteiger partial charge is 0.305 e. The fourth-order valence-corrected chi connectivity index (χ4v) is 5.26. The van der Waals surface area contributed by atoms with Crippen LogP contribution in [0.2, 0.25) is 0 Å². The van der Waals surface area contributed by atoms with Gasteiger partial charge in [0.1, 0.15) is 5.78 Å². The molecule has 2 rings (SSSR count). The van der Waals surface area contributed by atoms with Crippen LogP contribution in [-0.2, 0) is 32.1 Å². The molecule has 0 bridgehead atoms. The molecule has 4 atom stereocenters. The van der Waals surface area contributed by atoms with E-state index in [9.17, 15) is 19.8 Å². The van der Waals surface area contributed by atoms with E-state index in [1.807, 2.05) is 24.3 Å². The number of esters is 1. The third-order valence-corrected chi connectivity index (χ3v) is 7.01. The first-order chi connectivity index (χ1) is 14.9. The predicted octanol–water partition coefficient (Wildman–Crippen LogP) is 3.16. The zero-order valence-electron chi connectivity index (χ0n) is 18.6. The monoisotopic (exact) mass is 452 g/mol. The van der Waals surface area contributed by atoms with E-state index < -0.39 is 12.2 Å². The summed E-state index contributed by atoms with van der Waals surface area (Å²) in [6.07, 6.45) is 2.77. The largest absolute Gasteiger partial charge is 0.469 e. The van der Waals surface area contributed by atoms with Gasteiger partial charge in [0.05, 0.1) is 25.9 Å². The van der Waals surface area contributed by atoms with Gasteiger partial charge in [-0.1, -0.05) is 24.3 Å². The van der Waals surface area contributed by atoms with Crippen LogP contribution in [0.25, 0.3) is 0 Å². The van der Waals surface area contributed by atoms with Crippen molar-refractivity contribution in [2.45, 2.75) is 63.8 Å². The molecule has 1 aliphatic carbocycles. The Hall–Kier alpha value is -1.41. The number of benzene rings is 1. The minimum absolute atomic E-state index is 0.0855. The number of Topliss-reactive ketones (excluding diaryl/α,β-unsaturated/α-hetero) is 1. The quantitative estimate of drug-likeness (QED) is 0.331. The lowest BCUT2D eigenvalue weighted by Crippen LogP contribution is -2.23. The molecule has 0 spiro atoms. The van der Waals surface area contributed by atoms with Gasteiger partial charge in [0.2, 0.25) is 0 Å². The normalized spacial score (nSPS) is 21.9. The van der Waals surface area contributed by atoms with Gasteiger partial charge in [-0.3, -0.25) is 9.59 Å². The molecule has 1 saturated carbocycles. The predicted molar refractivity (Wildman–Crippen MR) is 122 cm³/mol. The van der Waals surface area contributed by atoms with Crippen molar-refractivity contribution in [1.82, 2.24) is 0 Å². The number of ether oxygens (including phenoxy) is 2. The van der Waals surface area contributed by atoms with Crippen molar-refractivity contribution in [3.63, 3.8) is 0 Å². The fourth-order valence-electron chi connectivity index (χ4n) is 4.29. The summed E-state index contributed by atoms with van der Waals surface area (Å²) in [6.45, 7) is 0.544. The Balaban J connectivity index is 1.75. The van der Waals surface area contributed by atoms with Crippen LogP contribution in [0.3, 0.4) is 0 Å². The summed E-state index contributed by atoms with van der Waals surface area (Å²) in [6, 6.07) is 8.00. The molecule has 1 aromatic rings. The first-order valence-electron chi connectivity index (χ1n) is 11.0. The van der Waals surface area contributed by atoms with Gasteiger partial charge in [-0.15, -0.1) is 0 Å². The first-order valence-corrected chi connectivity index (χ1v) is 12.2. The number of carbonyl (C=O) groups is 2. The maximum absolute atomic E-state index is 12.4. The number of carbonyl (C=O) groups excluding carboxylic acids is 2. The van der Waals surface area contributed by atoms with E-state index in [4.69, 9.17) is 4.74 Å². The van der Waals surface area contributed by atoms with E-state index in [0.29, 0.717) is 32.3 Å². The van der Waals surface area contributed by atoms with Crippen molar-refractivity contribution in [2.75, 3.05) is 25.7 Å². The molecule has 2 N–H and O–H groups in total. The van der Waals surface area contributed by atoms with Gasteiger partial charge in [0.15, 0.2) is 0 Å². The van der Waals surface area contributed by atoms with E-state index in [2.05, 4.69) is 4.74 Å².